The van der Waals surface area contributed by atoms with E-state index < -0.39 is 0 Å². The van der Waals surface area contributed by atoms with Crippen molar-refractivity contribution in [2.75, 3.05) is 39.8 Å². The third kappa shape index (κ3) is 4.12. The second-order valence-electron chi connectivity index (χ2n) is 7.55. The Hall–Kier alpha value is -1.42. The van der Waals surface area contributed by atoms with Gasteiger partial charge in [-0.1, -0.05) is 13.8 Å². The van der Waals surface area contributed by atoms with Crippen LogP contribution in [0.2, 0.25) is 0 Å². The molecule has 2 fully saturated rings. The van der Waals surface area contributed by atoms with Crippen LogP contribution in [0.1, 0.15) is 27.2 Å². The number of fused-ring (bicyclic) bond motifs is 1. The fraction of sp³-hybridized carbons (Fsp3) is 0.650. The molecule has 158 valence electrons. The molecule has 0 bridgehead atoms. The summed E-state index contributed by atoms with van der Waals surface area (Å²) in [7, 11) is 4.81. The van der Waals surface area contributed by atoms with Crippen molar-refractivity contribution >= 4 is 35.6 Å². The van der Waals surface area contributed by atoms with E-state index in [0.29, 0.717) is 41.9 Å². The standard InChI is InChI=1S/C20H31N3O4.HI/c1-7-21-19(23-17-13-8-9-27-18(13)20(17,2)3)22-12-10-14(24-4)16(26-6)15(11-12)25-5;/h10-11,13,17-18H,7-9H2,1-6H3,(H2,21,22,23);1H. The largest absolute Gasteiger partial charge is 0.493 e. The molecule has 1 heterocycles. The maximum absolute atomic E-state index is 5.90. The van der Waals surface area contributed by atoms with E-state index in [1.807, 2.05) is 19.1 Å². The molecule has 2 N–H and O–H groups in total. The number of hydrogen-bond donors (Lipinski definition) is 2. The maximum atomic E-state index is 5.90. The zero-order valence-electron chi connectivity index (χ0n) is 17.5. The number of anilines is 1. The summed E-state index contributed by atoms with van der Waals surface area (Å²) in [5, 5.41) is 6.99. The Bertz CT molecular complexity index is 686. The molecule has 2 aliphatic rings. The van der Waals surface area contributed by atoms with Gasteiger partial charge < -0.3 is 29.6 Å². The first kappa shape index (κ1) is 22.9. The molecule has 3 rings (SSSR count). The summed E-state index contributed by atoms with van der Waals surface area (Å²) >= 11 is 0. The minimum atomic E-state index is 0. The number of hydrogen-bond acceptors (Lipinski definition) is 5. The number of halogens is 1. The topological polar surface area (TPSA) is 73.3 Å². The highest BCUT2D eigenvalue weighted by atomic mass is 127. The molecular formula is C20H32IN3O4. The van der Waals surface area contributed by atoms with E-state index in [-0.39, 0.29) is 29.4 Å². The van der Waals surface area contributed by atoms with E-state index >= 15 is 0 Å². The molecule has 1 aromatic carbocycles. The number of methoxy groups -OCH3 is 3. The number of aliphatic imine (C=N–C) groups is 1. The minimum absolute atomic E-state index is 0. The van der Waals surface area contributed by atoms with E-state index in [9.17, 15) is 0 Å². The van der Waals surface area contributed by atoms with Crippen LogP contribution in [0.15, 0.2) is 17.1 Å². The van der Waals surface area contributed by atoms with Crippen LogP contribution < -0.4 is 24.8 Å². The molecule has 1 saturated carbocycles. The van der Waals surface area contributed by atoms with Gasteiger partial charge in [0, 0.05) is 48.3 Å². The predicted octanol–water partition coefficient (Wildman–Crippen LogP) is 3.52. The first-order valence-electron chi connectivity index (χ1n) is 9.45. The molecule has 1 aliphatic carbocycles. The van der Waals surface area contributed by atoms with Crippen LogP contribution in [-0.4, -0.2) is 52.6 Å². The van der Waals surface area contributed by atoms with Crippen LogP contribution in [-0.2, 0) is 4.74 Å². The molecule has 0 spiro atoms. The van der Waals surface area contributed by atoms with Crippen molar-refractivity contribution in [3.63, 3.8) is 0 Å². The zero-order valence-corrected chi connectivity index (χ0v) is 19.8. The Balaban J connectivity index is 0.00000280. The number of guanidine groups is 1. The van der Waals surface area contributed by atoms with Gasteiger partial charge in [0.05, 0.1) is 27.4 Å². The molecule has 0 radical (unpaired) electrons. The van der Waals surface area contributed by atoms with Gasteiger partial charge in [-0.2, -0.15) is 0 Å². The van der Waals surface area contributed by atoms with Crippen molar-refractivity contribution in [3.05, 3.63) is 12.1 Å². The summed E-state index contributed by atoms with van der Waals surface area (Å²) in [4.78, 5) is 4.62. The summed E-state index contributed by atoms with van der Waals surface area (Å²) in [6, 6.07) is 4.08. The summed E-state index contributed by atoms with van der Waals surface area (Å²) in [5.41, 5.74) is 0.896. The molecule has 1 aliphatic heterocycles. The maximum Gasteiger partial charge on any atom is 0.203 e. The quantitative estimate of drug-likeness (QED) is 0.350. The average Bonchev–Trinajstić information content (AvgIpc) is 3.12. The molecule has 0 aromatic heterocycles. The van der Waals surface area contributed by atoms with Crippen molar-refractivity contribution in [2.24, 2.45) is 16.3 Å². The molecule has 28 heavy (non-hydrogen) atoms. The smallest absolute Gasteiger partial charge is 0.203 e. The summed E-state index contributed by atoms with van der Waals surface area (Å²) < 4.78 is 22.2. The molecule has 1 saturated heterocycles. The monoisotopic (exact) mass is 505 g/mol. The van der Waals surface area contributed by atoms with Gasteiger partial charge in [-0.25, -0.2) is 0 Å². The molecule has 7 nitrogen and oxygen atoms in total. The molecule has 0 amide bonds. The van der Waals surface area contributed by atoms with Gasteiger partial charge in [0.1, 0.15) is 0 Å². The number of nitrogens with zero attached hydrogens (tertiary/aromatic N) is 1. The second-order valence-corrected chi connectivity index (χ2v) is 7.55. The lowest BCUT2D eigenvalue weighted by Gasteiger charge is -2.54. The summed E-state index contributed by atoms with van der Waals surface area (Å²) in [6.07, 6.45) is 1.43. The first-order chi connectivity index (χ1) is 13.0. The van der Waals surface area contributed by atoms with Gasteiger partial charge in [-0.3, -0.25) is 4.99 Å². The van der Waals surface area contributed by atoms with E-state index in [4.69, 9.17) is 18.9 Å². The lowest BCUT2D eigenvalue weighted by molar-refractivity contribution is -0.106. The van der Waals surface area contributed by atoms with E-state index in [1.165, 1.54) is 0 Å². The third-order valence-electron chi connectivity index (χ3n) is 5.64. The fourth-order valence-electron chi connectivity index (χ4n) is 4.33. The van der Waals surface area contributed by atoms with Crippen LogP contribution in [0.25, 0.3) is 0 Å². The predicted molar refractivity (Wildman–Crippen MR) is 122 cm³/mol. The number of benzene rings is 1. The highest BCUT2D eigenvalue weighted by molar-refractivity contribution is 14.0. The van der Waals surface area contributed by atoms with Crippen molar-refractivity contribution in [3.8, 4) is 17.2 Å². The van der Waals surface area contributed by atoms with Crippen molar-refractivity contribution in [1.29, 1.82) is 0 Å². The SMILES string of the molecule is CCN=C(Nc1cc(OC)c(OC)c(OC)c1)NC1C2CCOC2C1(C)C.I. The van der Waals surface area contributed by atoms with Gasteiger partial charge in [0.2, 0.25) is 5.75 Å². The Morgan fingerprint density at radius 2 is 1.82 bits per heavy atom. The van der Waals surface area contributed by atoms with Crippen molar-refractivity contribution in [2.45, 2.75) is 39.3 Å². The molecular weight excluding hydrogens is 473 g/mol. The first-order valence-corrected chi connectivity index (χ1v) is 9.45. The summed E-state index contributed by atoms with van der Waals surface area (Å²) in [6.45, 7) is 8.04. The van der Waals surface area contributed by atoms with E-state index in [1.54, 1.807) is 21.3 Å². The molecule has 3 unspecified atom stereocenters. The molecule has 3 atom stereocenters. The highest BCUT2D eigenvalue weighted by Crippen LogP contribution is 2.52. The zero-order chi connectivity index (χ0) is 19.6. The Morgan fingerprint density at radius 1 is 1.18 bits per heavy atom. The van der Waals surface area contributed by atoms with Gasteiger partial charge in [0.25, 0.3) is 0 Å². The normalized spacial score (nSPS) is 25.1. The van der Waals surface area contributed by atoms with Gasteiger partial charge >= 0.3 is 0 Å². The van der Waals surface area contributed by atoms with E-state index in [2.05, 4.69) is 29.5 Å². The van der Waals surface area contributed by atoms with Crippen LogP contribution in [0.4, 0.5) is 5.69 Å². The highest BCUT2D eigenvalue weighted by Gasteiger charge is 2.59. The van der Waals surface area contributed by atoms with Crippen LogP contribution in [0.5, 0.6) is 17.2 Å². The van der Waals surface area contributed by atoms with Gasteiger partial charge in [-0.05, 0) is 13.3 Å². The molecule has 8 heteroatoms. The van der Waals surface area contributed by atoms with Crippen molar-refractivity contribution < 1.29 is 18.9 Å². The fourth-order valence-corrected chi connectivity index (χ4v) is 4.33. The number of ether oxygens (including phenoxy) is 4. The Morgan fingerprint density at radius 3 is 2.36 bits per heavy atom. The lowest BCUT2D eigenvalue weighted by Crippen LogP contribution is -2.67. The number of rotatable bonds is 6. The van der Waals surface area contributed by atoms with Crippen LogP contribution >= 0.6 is 24.0 Å². The average molecular weight is 505 g/mol. The summed E-state index contributed by atoms with van der Waals surface area (Å²) in [5.74, 6) is 3.05. The van der Waals surface area contributed by atoms with E-state index in [0.717, 1.165) is 24.7 Å². The Kier molecular flexibility index (Phi) is 7.66. The number of nitrogens with one attached hydrogen (secondary N) is 2. The second kappa shape index (κ2) is 9.39. The minimum Gasteiger partial charge on any atom is -0.493 e. The van der Waals surface area contributed by atoms with Gasteiger partial charge in [0.15, 0.2) is 17.5 Å². The lowest BCUT2D eigenvalue weighted by atomic mass is 9.57. The molecule has 1 aromatic rings. The van der Waals surface area contributed by atoms with Gasteiger partial charge in [-0.15, -0.1) is 24.0 Å². The van der Waals surface area contributed by atoms with Crippen molar-refractivity contribution in [1.82, 2.24) is 5.32 Å². The van der Waals surface area contributed by atoms with Crippen LogP contribution in [0, 0.1) is 11.3 Å². The Labute approximate surface area is 184 Å². The third-order valence-corrected chi connectivity index (χ3v) is 5.64. The van der Waals surface area contributed by atoms with Crippen LogP contribution in [0.3, 0.4) is 0 Å².